The van der Waals surface area contributed by atoms with Crippen LogP contribution >= 0.6 is 0 Å². The Morgan fingerprint density at radius 2 is 2.00 bits per heavy atom. The minimum atomic E-state index is 0.436. The van der Waals surface area contributed by atoms with Gasteiger partial charge in [-0.3, -0.25) is 5.10 Å². The average molecular weight is 233 g/mol. The van der Waals surface area contributed by atoms with Gasteiger partial charge in [0.2, 0.25) is 0 Å². The van der Waals surface area contributed by atoms with Gasteiger partial charge in [-0.05, 0) is 18.6 Å². The van der Waals surface area contributed by atoms with Crippen LogP contribution in [0.5, 0.6) is 11.5 Å². The molecular formula is C12H15N3O2. The lowest BCUT2D eigenvalue weighted by Gasteiger charge is -2.13. The Labute approximate surface area is 99.5 Å². The van der Waals surface area contributed by atoms with Gasteiger partial charge in [0.25, 0.3) is 0 Å². The lowest BCUT2D eigenvalue weighted by atomic mass is 10.1. The normalized spacial score (nSPS) is 10.3. The van der Waals surface area contributed by atoms with Gasteiger partial charge >= 0.3 is 0 Å². The summed E-state index contributed by atoms with van der Waals surface area (Å²) in [6.07, 6.45) is 0. The number of aromatic amines is 1. The number of aromatic nitrogens is 2. The van der Waals surface area contributed by atoms with Gasteiger partial charge in [0.05, 0.1) is 25.5 Å². The van der Waals surface area contributed by atoms with Gasteiger partial charge in [0.15, 0.2) is 0 Å². The van der Waals surface area contributed by atoms with E-state index >= 15 is 0 Å². The van der Waals surface area contributed by atoms with Crippen molar-refractivity contribution in [1.29, 1.82) is 0 Å². The van der Waals surface area contributed by atoms with Gasteiger partial charge in [-0.15, -0.1) is 0 Å². The maximum atomic E-state index is 5.61. The molecule has 0 fully saturated rings. The van der Waals surface area contributed by atoms with Crippen molar-refractivity contribution < 1.29 is 9.47 Å². The summed E-state index contributed by atoms with van der Waals surface area (Å²) in [5.74, 6) is 1.91. The predicted molar refractivity (Wildman–Crippen MR) is 66.3 cm³/mol. The van der Waals surface area contributed by atoms with Crippen molar-refractivity contribution >= 4 is 5.82 Å². The highest BCUT2D eigenvalue weighted by Gasteiger charge is 2.16. The second kappa shape index (κ2) is 4.37. The molecule has 17 heavy (non-hydrogen) atoms. The summed E-state index contributed by atoms with van der Waals surface area (Å²) in [6.45, 7) is 1.97. The predicted octanol–water partition coefficient (Wildman–Crippen LogP) is 1.98. The number of nitrogen functional groups attached to an aromatic ring is 1. The van der Waals surface area contributed by atoms with E-state index in [1.54, 1.807) is 20.3 Å². The van der Waals surface area contributed by atoms with Gasteiger partial charge in [0, 0.05) is 6.07 Å². The molecule has 0 spiro atoms. The Morgan fingerprint density at radius 1 is 1.24 bits per heavy atom. The molecule has 5 nitrogen and oxygen atoms in total. The lowest BCUT2D eigenvalue weighted by molar-refractivity contribution is 0.395. The number of methoxy groups -OCH3 is 2. The maximum Gasteiger partial charge on any atom is 0.145 e. The smallest absolute Gasteiger partial charge is 0.145 e. The van der Waals surface area contributed by atoms with E-state index in [9.17, 15) is 0 Å². The molecule has 2 aromatic rings. The molecule has 1 heterocycles. The molecule has 1 aromatic carbocycles. The highest BCUT2D eigenvalue weighted by Crippen LogP contribution is 2.39. The van der Waals surface area contributed by atoms with Crippen LogP contribution in [0.25, 0.3) is 11.3 Å². The van der Waals surface area contributed by atoms with Crippen LogP contribution in [-0.2, 0) is 0 Å². The number of benzene rings is 1. The Kier molecular flexibility index (Phi) is 2.91. The van der Waals surface area contributed by atoms with E-state index in [1.807, 2.05) is 19.1 Å². The average Bonchev–Trinajstić information content (AvgIpc) is 2.75. The van der Waals surface area contributed by atoms with Crippen LogP contribution in [0.4, 0.5) is 5.82 Å². The highest BCUT2D eigenvalue weighted by atomic mass is 16.5. The first-order valence-electron chi connectivity index (χ1n) is 5.20. The third-order valence-electron chi connectivity index (χ3n) is 2.61. The highest BCUT2D eigenvalue weighted by molar-refractivity contribution is 5.77. The van der Waals surface area contributed by atoms with Crippen LogP contribution in [0, 0.1) is 6.92 Å². The second-order valence-corrected chi connectivity index (χ2v) is 3.70. The number of rotatable bonds is 3. The third-order valence-corrected chi connectivity index (χ3v) is 2.61. The standard InChI is InChI=1S/C12H15N3O2/c1-7-4-5-9(16-2)11(12(7)17-3)8-6-10(13)15-14-8/h4-6H,1-3H3,(H3,13,14,15). The fraction of sp³-hybridized carbons (Fsp3) is 0.250. The van der Waals surface area contributed by atoms with Crippen molar-refractivity contribution in [1.82, 2.24) is 10.2 Å². The number of aryl methyl sites for hydroxylation is 1. The molecule has 0 radical (unpaired) electrons. The SMILES string of the molecule is COc1ccc(C)c(OC)c1-c1cc(N)n[nH]1. The van der Waals surface area contributed by atoms with Gasteiger partial charge in [0.1, 0.15) is 17.3 Å². The molecule has 0 bridgehead atoms. The largest absolute Gasteiger partial charge is 0.496 e. The van der Waals surface area contributed by atoms with Crippen LogP contribution in [-0.4, -0.2) is 24.4 Å². The van der Waals surface area contributed by atoms with Gasteiger partial charge in [-0.25, -0.2) is 0 Å². The Hall–Kier alpha value is -2.17. The summed E-state index contributed by atoms with van der Waals surface area (Å²) in [6, 6.07) is 5.59. The van der Waals surface area contributed by atoms with Crippen molar-refractivity contribution in [3.05, 3.63) is 23.8 Å². The number of hydrogen-bond acceptors (Lipinski definition) is 4. The maximum absolute atomic E-state index is 5.61. The molecule has 0 unspecified atom stereocenters. The second-order valence-electron chi connectivity index (χ2n) is 3.70. The van der Waals surface area contributed by atoms with E-state index in [-0.39, 0.29) is 0 Å². The zero-order valence-electron chi connectivity index (χ0n) is 10.1. The van der Waals surface area contributed by atoms with E-state index in [0.717, 1.165) is 28.3 Å². The van der Waals surface area contributed by atoms with Crippen molar-refractivity contribution in [2.45, 2.75) is 6.92 Å². The summed E-state index contributed by atoms with van der Waals surface area (Å²) >= 11 is 0. The van der Waals surface area contributed by atoms with Gasteiger partial charge in [-0.2, -0.15) is 5.10 Å². The molecule has 0 aliphatic carbocycles. The van der Waals surface area contributed by atoms with Crippen molar-refractivity contribution in [2.24, 2.45) is 0 Å². The number of nitrogens with two attached hydrogens (primary N) is 1. The van der Waals surface area contributed by atoms with Crippen molar-refractivity contribution in [3.8, 4) is 22.8 Å². The zero-order valence-corrected chi connectivity index (χ0v) is 10.1. The number of nitrogens with one attached hydrogen (secondary N) is 1. The summed E-state index contributed by atoms with van der Waals surface area (Å²) in [5, 5.41) is 6.78. The Bertz CT molecular complexity index is 535. The first-order valence-corrected chi connectivity index (χ1v) is 5.20. The van der Waals surface area contributed by atoms with Crippen LogP contribution < -0.4 is 15.2 Å². The monoisotopic (exact) mass is 233 g/mol. The van der Waals surface area contributed by atoms with E-state index in [0.29, 0.717) is 5.82 Å². The molecule has 0 aliphatic rings. The van der Waals surface area contributed by atoms with E-state index < -0.39 is 0 Å². The number of H-pyrrole nitrogens is 1. The molecule has 1 aromatic heterocycles. The molecule has 0 atom stereocenters. The molecule has 2 rings (SSSR count). The summed E-state index contributed by atoms with van der Waals surface area (Å²) in [5.41, 5.74) is 8.25. The quantitative estimate of drug-likeness (QED) is 0.850. The van der Waals surface area contributed by atoms with Gasteiger partial charge < -0.3 is 15.2 Å². The molecule has 0 amide bonds. The minimum absolute atomic E-state index is 0.436. The number of hydrogen-bond donors (Lipinski definition) is 2. The molecule has 0 saturated carbocycles. The first kappa shape index (κ1) is 11.3. The van der Waals surface area contributed by atoms with E-state index in [1.165, 1.54) is 0 Å². The van der Waals surface area contributed by atoms with Crippen LogP contribution in [0.2, 0.25) is 0 Å². The van der Waals surface area contributed by atoms with Gasteiger partial charge in [-0.1, -0.05) is 6.07 Å². The molecule has 0 saturated heterocycles. The fourth-order valence-corrected chi connectivity index (χ4v) is 1.82. The first-order chi connectivity index (χ1) is 8.17. The topological polar surface area (TPSA) is 73.2 Å². The van der Waals surface area contributed by atoms with Crippen molar-refractivity contribution in [3.63, 3.8) is 0 Å². The van der Waals surface area contributed by atoms with E-state index in [2.05, 4.69) is 10.2 Å². The zero-order chi connectivity index (χ0) is 12.4. The summed E-state index contributed by atoms with van der Waals surface area (Å²) in [4.78, 5) is 0. The van der Waals surface area contributed by atoms with Crippen LogP contribution in [0.15, 0.2) is 18.2 Å². The van der Waals surface area contributed by atoms with Crippen molar-refractivity contribution in [2.75, 3.05) is 20.0 Å². The fourth-order valence-electron chi connectivity index (χ4n) is 1.82. The van der Waals surface area contributed by atoms with Crippen LogP contribution in [0.3, 0.4) is 0 Å². The molecular weight excluding hydrogens is 218 g/mol. The number of anilines is 1. The Morgan fingerprint density at radius 3 is 2.53 bits per heavy atom. The third kappa shape index (κ3) is 1.91. The minimum Gasteiger partial charge on any atom is -0.496 e. The molecule has 3 N–H and O–H groups in total. The molecule has 90 valence electrons. The lowest BCUT2D eigenvalue weighted by Crippen LogP contribution is -1.95. The molecule has 0 aliphatic heterocycles. The number of nitrogens with zero attached hydrogens (tertiary/aromatic N) is 1. The summed E-state index contributed by atoms with van der Waals surface area (Å²) in [7, 11) is 3.25. The van der Waals surface area contributed by atoms with E-state index in [4.69, 9.17) is 15.2 Å². The summed E-state index contributed by atoms with van der Waals surface area (Å²) < 4.78 is 10.8. The van der Waals surface area contributed by atoms with Crippen LogP contribution in [0.1, 0.15) is 5.56 Å². The Balaban J connectivity index is 2.68. The molecule has 5 heteroatoms. The number of ether oxygens (including phenoxy) is 2.